The third-order valence-corrected chi connectivity index (χ3v) is 3.39. The summed E-state index contributed by atoms with van der Waals surface area (Å²) in [6.45, 7) is 0.252. The number of rotatable bonds is 5. The van der Waals surface area contributed by atoms with E-state index in [4.69, 9.17) is 10.5 Å². The first kappa shape index (κ1) is 15.4. The molecule has 0 aliphatic carbocycles. The zero-order valence-corrected chi connectivity index (χ0v) is 11.3. The van der Waals surface area contributed by atoms with Gasteiger partial charge in [-0.1, -0.05) is 0 Å². The summed E-state index contributed by atoms with van der Waals surface area (Å²) < 4.78 is 31.0. The van der Waals surface area contributed by atoms with Crippen LogP contribution in [0.5, 0.6) is 0 Å². The van der Waals surface area contributed by atoms with E-state index in [9.17, 15) is 18.4 Å². The Morgan fingerprint density at radius 1 is 1.48 bits per heavy atom. The monoisotopic (exact) mass is 298 g/mol. The molecular weight excluding hydrogens is 282 g/mol. The highest BCUT2D eigenvalue weighted by Gasteiger charge is 2.29. The number of carbonyl (C=O) groups excluding carboxylic acids is 2. The number of carbonyl (C=O) groups is 2. The number of ether oxygens (including phenoxy) is 1. The van der Waals surface area contributed by atoms with E-state index in [-0.39, 0.29) is 30.4 Å². The number of amides is 1. The van der Waals surface area contributed by atoms with Gasteiger partial charge < -0.3 is 15.8 Å². The SMILES string of the molecule is N[C@@H](C[C@@H]1CCNC1=O)C(=O)OCc1ccc(F)cc1F. The Bertz CT molecular complexity index is 551. The minimum atomic E-state index is -0.942. The fourth-order valence-corrected chi connectivity index (χ4v) is 2.17. The van der Waals surface area contributed by atoms with Crippen LogP contribution in [0.4, 0.5) is 8.78 Å². The highest BCUT2D eigenvalue weighted by Crippen LogP contribution is 2.16. The van der Waals surface area contributed by atoms with Crippen molar-refractivity contribution in [3.8, 4) is 0 Å². The van der Waals surface area contributed by atoms with E-state index in [0.29, 0.717) is 19.0 Å². The average Bonchev–Trinajstić information content (AvgIpc) is 2.83. The Morgan fingerprint density at radius 2 is 2.24 bits per heavy atom. The molecular formula is C14H16F2N2O3. The molecule has 0 bridgehead atoms. The third-order valence-electron chi connectivity index (χ3n) is 3.39. The van der Waals surface area contributed by atoms with Gasteiger partial charge in [-0.15, -0.1) is 0 Å². The minimum Gasteiger partial charge on any atom is -0.460 e. The van der Waals surface area contributed by atoms with E-state index in [1.807, 2.05) is 0 Å². The fourth-order valence-electron chi connectivity index (χ4n) is 2.17. The summed E-state index contributed by atoms with van der Waals surface area (Å²) in [5.41, 5.74) is 5.74. The van der Waals surface area contributed by atoms with E-state index in [0.717, 1.165) is 6.07 Å². The molecule has 1 aromatic carbocycles. The van der Waals surface area contributed by atoms with Gasteiger partial charge in [-0.05, 0) is 25.0 Å². The lowest BCUT2D eigenvalue weighted by Crippen LogP contribution is -2.36. The Morgan fingerprint density at radius 3 is 2.86 bits per heavy atom. The maximum Gasteiger partial charge on any atom is 0.323 e. The zero-order valence-electron chi connectivity index (χ0n) is 11.3. The van der Waals surface area contributed by atoms with Crippen LogP contribution >= 0.6 is 0 Å². The van der Waals surface area contributed by atoms with Crippen LogP contribution in [0.25, 0.3) is 0 Å². The molecule has 1 fully saturated rings. The molecule has 1 saturated heterocycles. The van der Waals surface area contributed by atoms with Gasteiger partial charge in [0.25, 0.3) is 0 Å². The van der Waals surface area contributed by atoms with Crippen LogP contribution in [0.1, 0.15) is 18.4 Å². The van der Waals surface area contributed by atoms with E-state index in [2.05, 4.69) is 5.32 Å². The van der Waals surface area contributed by atoms with Crippen LogP contribution in [0.15, 0.2) is 18.2 Å². The first-order valence-corrected chi connectivity index (χ1v) is 6.61. The number of benzene rings is 1. The first-order valence-electron chi connectivity index (χ1n) is 6.61. The van der Waals surface area contributed by atoms with Crippen molar-refractivity contribution in [2.45, 2.75) is 25.5 Å². The predicted octanol–water partition coefficient (Wildman–Crippen LogP) is 0.861. The lowest BCUT2D eigenvalue weighted by atomic mass is 9.99. The molecule has 21 heavy (non-hydrogen) atoms. The van der Waals surface area contributed by atoms with Crippen molar-refractivity contribution in [2.24, 2.45) is 11.7 Å². The Kier molecular flexibility index (Phi) is 4.85. The molecule has 1 amide bonds. The molecule has 5 nitrogen and oxygen atoms in total. The number of nitrogens with two attached hydrogens (primary N) is 1. The third kappa shape index (κ3) is 3.98. The highest BCUT2D eigenvalue weighted by atomic mass is 19.1. The van der Waals surface area contributed by atoms with Gasteiger partial charge in [0.2, 0.25) is 5.91 Å². The number of esters is 1. The second-order valence-corrected chi connectivity index (χ2v) is 4.96. The summed E-state index contributed by atoms with van der Waals surface area (Å²) >= 11 is 0. The van der Waals surface area contributed by atoms with Gasteiger partial charge in [-0.25, -0.2) is 8.78 Å². The van der Waals surface area contributed by atoms with E-state index in [1.165, 1.54) is 6.07 Å². The van der Waals surface area contributed by atoms with Crippen LogP contribution in [-0.4, -0.2) is 24.5 Å². The maximum atomic E-state index is 13.4. The molecule has 0 spiro atoms. The summed E-state index contributed by atoms with van der Waals surface area (Å²) in [4.78, 5) is 23.1. The van der Waals surface area contributed by atoms with Gasteiger partial charge in [0, 0.05) is 24.1 Å². The molecule has 0 aromatic heterocycles. The van der Waals surface area contributed by atoms with Gasteiger partial charge in [-0.3, -0.25) is 9.59 Å². The molecule has 1 aliphatic rings. The molecule has 2 atom stereocenters. The molecule has 1 aromatic rings. The van der Waals surface area contributed by atoms with Crippen molar-refractivity contribution >= 4 is 11.9 Å². The van der Waals surface area contributed by atoms with Crippen LogP contribution in [0, 0.1) is 17.6 Å². The van der Waals surface area contributed by atoms with Gasteiger partial charge >= 0.3 is 5.97 Å². The van der Waals surface area contributed by atoms with Crippen LogP contribution < -0.4 is 11.1 Å². The number of nitrogens with one attached hydrogen (secondary N) is 1. The second-order valence-electron chi connectivity index (χ2n) is 4.96. The standard InChI is InChI=1S/C14H16F2N2O3/c15-10-2-1-9(11(16)6-10)7-21-14(20)12(17)5-8-3-4-18-13(8)19/h1-2,6,8,12H,3-5,7,17H2,(H,18,19)/t8-,12-/m0/s1. The van der Waals surface area contributed by atoms with Crippen molar-refractivity contribution in [2.75, 3.05) is 6.54 Å². The number of hydrogen-bond acceptors (Lipinski definition) is 4. The first-order chi connectivity index (χ1) is 9.97. The zero-order chi connectivity index (χ0) is 15.4. The van der Waals surface area contributed by atoms with E-state index >= 15 is 0 Å². The van der Waals surface area contributed by atoms with Gasteiger partial charge in [0.05, 0.1) is 0 Å². The maximum absolute atomic E-state index is 13.4. The fraction of sp³-hybridized carbons (Fsp3) is 0.429. The largest absolute Gasteiger partial charge is 0.460 e. The molecule has 0 saturated carbocycles. The smallest absolute Gasteiger partial charge is 0.323 e. The van der Waals surface area contributed by atoms with Crippen molar-refractivity contribution in [3.05, 3.63) is 35.4 Å². The molecule has 3 N–H and O–H groups in total. The Hall–Kier alpha value is -2.02. The topological polar surface area (TPSA) is 81.4 Å². The molecule has 7 heteroatoms. The average molecular weight is 298 g/mol. The summed E-state index contributed by atoms with van der Waals surface area (Å²) in [7, 11) is 0. The summed E-state index contributed by atoms with van der Waals surface area (Å²) in [5, 5.41) is 2.65. The van der Waals surface area contributed by atoms with Crippen molar-refractivity contribution in [3.63, 3.8) is 0 Å². The van der Waals surface area contributed by atoms with E-state index in [1.54, 1.807) is 0 Å². The molecule has 1 aliphatic heterocycles. The Labute approximate surface area is 120 Å². The minimum absolute atomic E-state index is 0.0653. The lowest BCUT2D eigenvalue weighted by molar-refractivity contribution is -0.147. The van der Waals surface area contributed by atoms with Crippen molar-refractivity contribution in [1.82, 2.24) is 5.32 Å². The van der Waals surface area contributed by atoms with Gasteiger partial charge in [0.1, 0.15) is 24.3 Å². The van der Waals surface area contributed by atoms with Crippen molar-refractivity contribution < 1.29 is 23.1 Å². The van der Waals surface area contributed by atoms with Crippen LogP contribution in [0.3, 0.4) is 0 Å². The molecule has 1 heterocycles. The summed E-state index contributed by atoms with van der Waals surface area (Å²) in [6.07, 6.45) is 0.822. The quantitative estimate of drug-likeness (QED) is 0.790. The number of hydrogen-bond donors (Lipinski definition) is 2. The lowest BCUT2D eigenvalue weighted by Gasteiger charge is -2.14. The summed E-state index contributed by atoms with van der Waals surface area (Å²) in [5.74, 6) is -2.62. The van der Waals surface area contributed by atoms with Gasteiger partial charge in [0.15, 0.2) is 0 Å². The molecule has 0 unspecified atom stereocenters. The predicted molar refractivity (Wildman–Crippen MR) is 69.9 cm³/mol. The highest BCUT2D eigenvalue weighted by molar-refractivity contribution is 5.82. The second kappa shape index (κ2) is 6.62. The van der Waals surface area contributed by atoms with E-state index < -0.39 is 23.6 Å². The van der Waals surface area contributed by atoms with Crippen LogP contribution in [0.2, 0.25) is 0 Å². The molecule has 114 valence electrons. The molecule has 0 radical (unpaired) electrons. The van der Waals surface area contributed by atoms with Crippen LogP contribution in [-0.2, 0) is 20.9 Å². The summed E-state index contributed by atoms with van der Waals surface area (Å²) in [6, 6.07) is 2.05. The Balaban J connectivity index is 1.84. The van der Waals surface area contributed by atoms with Crippen molar-refractivity contribution in [1.29, 1.82) is 0 Å². The molecule has 2 rings (SSSR count). The number of halogens is 2. The van der Waals surface area contributed by atoms with Gasteiger partial charge in [-0.2, -0.15) is 0 Å². The normalized spacial score (nSPS) is 19.2.